The van der Waals surface area contributed by atoms with Gasteiger partial charge in [0.15, 0.2) is 0 Å². The van der Waals surface area contributed by atoms with Gasteiger partial charge in [0.25, 0.3) is 0 Å². The summed E-state index contributed by atoms with van der Waals surface area (Å²) >= 11 is 0. The Balaban J connectivity index is 0.00000144. The maximum Gasteiger partial charge on any atom is 1.00 e. The molecule has 0 heterocycles. The molecule has 1 nitrogen and oxygen atoms in total. The van der Waals surface area contributed by atoms with Crippen LogP contribution in [-0.2, 0) is 19.5 Å². The smallest absolute Gasteiger partial charge is 0.328 e. The van der Waals surface area contributed by atoms with Crippen LogP contribution >= 0.6 is 0 Å². The molecule has 0 saturated carbocycles. The molecule has 0 amide bonds. The second kappa shape index (κ2) is 6.18. The Morgan fingerprint density at radius 2 is 2.15 bits per heavy atom. The van der Waals surface area contributed by atoms with E-state index in [1.165, 1.54) is 11.5 Å². The summed E-state index contributed by atoms with van der Waals surface area (Å²) in [5.41, 5.74) is 7.01. The van der Waals surface area contributed by atoms with Crippen molar-refractivity contribution >= 4 is 0 Å². The first-order chi connectivity index (χ1) is 5.68. The van der Waals surface area contributed by atoms with E-state index in [0.29, 0.717) is 0 Å². The third-order valence-corrected chi connectivity index (χ3v) is 1.79. The first-order valence-corrected chi connectivity index (χ1v) is 4.33. The van der Waals surface area contributed by atoms with E-state index >= 15 is 0 Å². The molecule has 13 heavy (non-hydrogen) atoms. The molecular weight excluding hydrogens is 247 g/mol. The summed E-state index contributed by atoms with van der Waals surface area (Å²) in [5, 5.41) is 0. The molecule has 73 valence electrons. The van der Waals surface area contributed by atoms with Gasteiger partial charge in [-0.3, -0.25) is 0 Å². The van der Waals surface area contributed by atoms with Crippen LogP contribution in [0.5, 0.6) is 0 Å². The fraction of sp³-hybridized carbons (Fsp3) is 0.364. The molecule has 1 atom stereocenters. The van der Waals surface area contributed by atoms with Gasteiger partial charge in [0, 0.05) is 6.04 Å². The SMILES string of the molecule is C[C-]1C=CC=C(CC(C)N)C=C1.[Ru+]. The van der Waals surface area contributed by atoms with Crippen LogP contribution < -0.4 is 5.73 Å². The summed E-state index contributed by atoms with van der Waals surface area (Å²) in [4.78, 5) is 0. The third-order valence-electron chi connectivity index (χ3n) is 1.79. The Hall–Kier alpha value is -0.327. The minimum Gasteiger partial charge on any atom is -0.328 e. The summed E-state index contributed by atoms with van der Waals surface area (Å²) in [5.74, 6) is 1.28. The number of rotatable bonds is 2. The monoisotopic (exact) mass is 264 g/mol. The zero-order chi connectivity index (χ0) is 8.97. The third kappa shape index (κ3) is 5.07. The molecule has 2 N–H and O–H groups in total. The molecule has 1 aliphatic carbocycles. The van der Waals surface area contributed by atoms with Crippen LogP contribution in [0.25, 0.3) is 0 Å². The van der Waals surface area contributed by atoms with Crippen LogP contribution in [0.2, 0.25) is 0 Å². The van der Waals surface area contributed by atoms with Gasteiger partial charge in [-0.05, 0) is 13.3 Å². The Morgan fingerprint density at radius 3 is 2.77 bits per heavy atom. The molecule has 2 heteroatoms. The Labute approximate surface area is 93.5 Å². The van der Waals surface area contributed by atoms with Crippen LogP contribution in [0.4, 0.5) is 0 Å². The molecule has 1 radical (unpaired) electrons. The Morgan fingerprint density at radius 1 is 1.46 bits per heavy atom. The summed E-state index contributed by atoms with van der Waals surface area (Å²) in [6, 6.07) is 0.243. The van der Waals surface area contributed by atoms with E-state index in [-0.39, 0.29) is 25.5 Å². The van der Waals surface area contributed by atoms with Gasteiger partial charge in [0.05, 0.1) is 0 Å². The predicted molar refractivity (Wildman–Crippen MR) is 53.5 cm³/mol. The Kier molecular flexibility index (Phi) is 6.02. The maximum absolute atomic E-state index is 5.70. The van der Waals surface area contributed by atoms with Crippen molar-refractivity contribution in [2.75, 3.05) is 0 Å². The molecule has 0 fully saturated rings. The van der Waals surface area contributed by atoms with Crippen molar-refractivity contribution < 1.29 is 19.5 Å². The van der Waals surface area contributed by atoms with E-state index in [1.807, 2.05) is 6.92 Å². The van der Waals surface area contributed by atoms with Gasteiger partial charge in [0.1, 0.15) is 0 Å². The van der Waals surface area contributed by atoms with Crippen molar-refractivity contribution in [1.29, 1.82) is 0 Å². The van der Waals surface area contributed by atoms with Gasteiger partial charge >= 0.3 is 19.5 Å². The molecule has 1 aliphatic rings. The average Bonchev–Trinajstić information content (AvgIpc) is 2.15. The fourth-order valence-electron chi connectivity index (χ4n) is 1.18. The number of hydrogen-bond acceptors (Lipinski definition) is 1. The molecule has 0 bridgehead atoms. The first-order valence-electron chi connectivity index (χ1n) is 4.33. The predicted octanol–water partition coefficient (Wildman–Crippen LogP) is 2.37. The van der Waals surface area contributed by atoms with Crippen LogP contribution in [0, 0.1) is 5.92 Å². The quantitative estimate of drug-likeness (QED) is 0.601. The summed E-state index contributed by atoms with van der Waals surface area (Å²) in [6.45, 7) is 4.12. The fourth-order valence-corrected chi connectivity index (χ4v) is 1.18. The van der Waals surface area contributed by atoms with Gasteiger partial charge < -0.3 is 5.73 Å². The molecule has 0 spiro atoms. The van der Waals surface area contributed by atoms with Crippen molar-refractivity contribution in [3.63, 3.8) is 0 Å². The molecule has 0 aromatic heterocycles. The second-order valence-electron chi connectivity index (χ2n) is 3.36. The number of hydrogen-bond donors (Lipinski definition) is 1. The van der Waals surface area contributed by atoms with Crippen molar-refractivity contribution in [1.82, 2.24) is 0 Å². The average molecular weight is 263 g/mol. The summed E-state index contributed by atoms with van der Waals surface area (Å²) in [7, 11) is 0. The first kappa shape index (κ1) is 12.7. The zero-order valence-corrected chi connectivity index (χ0v) is 9.84. The van der Waals surface area contributed by atoms with E-state index < -0.39 is 0 Å². The van der Waals surface area contributed by atoms with Gasteiger partial charge in [-0.15, -0.1) is 11.6 Å². The van der Waals surface area contributed by atoms with Crippen molar-refractivity contribution in [3.8, 4) is 0 Å². The number of nitrogens with two attached hydrogens (primary N) is 1. The van der Waals surface area contributed by atoms with E-state index in [1.54, 1.807) is 0 Å². The van der Waals surface area contributed by atoms with E-state index in [2.05, 4.69) is 37.3 Å². The molecule has 1 unspecified atom stereocenters. The van der Waals surface area contributed by atoms with E-state index in [0.717, 1.165) is 6.42 Å². The van der Waals surface area contributed by atoms with Crippen molar-refractivity contribution in [2.24, 2.45) is 5.73 Å². The molecule has 0 saturated heterocycles. The van der Waals surface area contributed by atoms with Gasteiger partial charge in [0.2, 0.25) is 0 Å². The van der Waals surface area contributed by atoms with E-state index in [9.17, 15) is 0 Å². The molecule has 0 aromatic carbocycles. The van der Waals surface area contributed by atoms with Crippen molar-refractivity contribution in [3.05, 3.63) is 41.9 Å². The Bertz CT molecular complexity index is 226. The van der Waals surface area contributed by atoms with Crippen LogP contribution in [-0.4, -0.2) is 6.04 Å². The van der Waals surface area contributed by atoms with Crippen molar-refractivity contribution in [2.45, 2.75) is 26.3 Å². The van der Waals surface area contributed by atoms with Crippen LogP contribution in [0.15, 0.2) is 36.0 Å². The molecule has 1 rings (SSSR count). The van der Waals surface area contributed by atoms with Gasteiger partial charge in [-0.25, -0.2) is 0 Å². The maximum atomic E-state index is 5.70. The van der Waals surface area contributed by atoms with E-state index in [4.69, 9.17) is 5.73 Å². The topological polar surface area (TPSA) is 26.0 Å². The standard InChI is InChI=1S/C11H16N.Ru/c1-9-4-3-5-11(7-6-9)8-10(2)12;/h3-7,10H,8,12H2,1-2H3;/q-1;+1. The molecular formula is C11H16NRu. The largest absolute Gasteiger partial charge is 1.00 e. The minimum absolute atomic E-state index is 0. The summed E-state index contributed by atoms with van der Waals surface area (Å²) < 4.78 is 0. The summed E-state index contributed by atoms with van der Waals surface area (Å²) in [6.07, 6.45) is 11.5. The van der Waals surface area contributed by atoms with Gasteiger partial charge in [-0.2, -0.15) is 30.2 Å². The molecule has 0 aliphatic heterocycles. The second-order valence-corrected chi connectivity index (χ2v) is 3.36. The minimum atomic E-state index is 0. The zero-order valence-electron chi connectivity index (χ0n) is 8.10. The van der Waals surface area contributed by atoms with Crippen LogP contribution in [0.3, 0.4) is 0 Å². The molecule has 0 aromatic rings. The number of allylic oxidation sites excluding steroid dienone is 5. The normalized spacial score (nSPS) is 17.5. The van der Waals surface area contributed by atoms with Gasteiger partial charge in [-0.1, -0.05) is 6.92 Å². The van der Waals surface area contributed by atoms with Crippen LogP contribution in [0.1, 0.15) is 20.3 Å².